The number of hydrogen-bond acceptors (Lipinski definition) is 4. The van der Waals surface area contributed by atoms with Crippen LogP contribution in [-0.4, -0.2) is 38.3 Å². The highest BCUT2D eigenvalue weighted by molar-refractivity contribution is 8.15. The van der Waals surface area contributed by atoms with Gasteiger partial charge < -0.3 is 5.11 Å². The Bertz CT molecular complexity index is 1060. The van der Waals surface area contributed by atoms with Gasteiger partial charge in [-0.05, 0) is 73.4 Å². The maximum Gasteiger partial charge on any atom is 0.335 e. The van der Waals surface area contributed by atoms with Crippen LogP contribution >= 0.6 is 23.4 Å². The van der Waals surface area contributed by atoms with Gasteiger partial charge in [-0.1, -0.05) is 48.0 Å². The van der Waals surface area contributed by atoms with Crippen LogP contribution in [0.3, 0.4) is 0 Å². The van der Waals surface area contributed by atoms with Crippen molar-refractivity contribution in [1.29, 1.82) is 0 Å². The molecule has 160 valence electrons. The molecule has 3 aliphatic rings. The lowest BCUT2D eigenvalue weighted by Crippen LogP contribution is -2.44. The summed E-state index contributed by atoms with van der Waals surface area (Å²) in [6.07, 6.45) is 5.27. The predicted octanol–water partition coefficient (Wildman–Crippen LogP) is 5.40. The first-order valence-electron chi connectivity index (χ1n) is 10.6. The van der Waals surface area contributed by atoms with Crippen LogP contribution in [0.15, 0.2) is 53.5 Å². The van der Waals surface area contributed by atoms with Crippen LogP contribution in [0.1, 0.15) is 41.6 Å². The minimum atomic E-state index is -0.965. The Kier molecular flexibility index (Phi) is 5.52. The highest BCUT2D eigenvalue weighted by atomic mass is 35.5. The molecule has 1 N–H and O–H groups in total. The Hall–Kier alpha value is -2.31. The van der Waals surface area contributed by atoms with Crippen molar-refractivity contribution < 1.29 is 14.7 Å². The molecule has 31 heavy (non-hydrogen) atoms. The Labute approximate surface area is 190 Å². The molecule has 1 amide bonds. The molecule has 2 aromatic carbocycles. The Morgan fingerprint density at radius 3 is 2.55 bits per heavy atom. The van der Waals surface area contributed by atoms with Crippen LogP contribution in [0.5, 0.6) is 0 Å². The zero-order valence-corrected chi connectivity index (χ0v) is 18.5. The average Bonchev–Trinajstić information content (AvgIpc) is 3.45. The molecule has 0 spiro atoms. The molecule has 7 heteroatoms. The minimum Gasteiger partial charge on any atom is -0.478 e. The number of amides is 1. The highest BCUT2D eigenvalue weighted by Crippen LogP contribution is 2.49. The van der Waals surface area contributed by atoms with Gasteiger partial charge in [-0.2, -0.15) is 0 Å². The van der Waals surface area contributed by atoms with Crippen molar-refractivity contribution in [2.75, 3.05) is 0 Å². The van der Waals surface area contributed by atoms with Gasteiger partial charge in [-0.25, -0.2) is 9.79 Å². The van der Waals surface area contributed by atoms with E-state index in [1.807, 2.05) is 29.2 Å². The number of carboxylic acids is 1. The smallest absolute Gasteiger partial charge is 0.335 e. The topological polar surface area (TPSA) is 70.0 Å². The van der Waals surface area contributed by atoms with Crippen molar-refractivity contribution in [3.63, 3.8) is 0 Å². The molecule has 1 aliphatic heterocycles. The van der Waals surface area contributed by atoms with Crippen molar-refractivity contribution in [1.82, 2.24) is 4.90 Å². The van der Waals surface area contributed by atoms with Gasteiger partial charge in [0.25, 0.3) is 0 Å². The second kappa shape index (κ2) is 8.32. The number of thioether (sulfide) groups is 1. The van der Waals surface area contributed by atoms with E-state index in [2.05, 4.69) is 0 Å². The molecule has 3 fully saturated rings. The summed E-state index contributed by atoms with van der Waals surface area (Å²) in [7, 11) is 0. The number of amidine groups is 1. The molecule has 0 aromatic heterocycles. The third-order valence-electron chi connectivity index (χ3n) is 6.70. The lowest BCUT2D eigenvalue weighted by Gasteiger charge is -2.31. The lowest BCUT2D eigenvalue weighted by molar-refractivity contribution is -0.128. The molecule has 4 atom stereocenters. The number of hydrogen-bond donors (Lipinski definition) is 1. The molecule has 2 aliphatic carbocycles. The van der Waals surface area contributed by atoms with E-state index in [0.29, 0.717) is 29.0 Å². The third kappa shape index (κ3) is 3.99. The number of carboxylic acid groups (broad SMARTS) is 1. The van der Waals surface area contributed by atoms with Crippen molar-refractivity contribution in [2.45, 2.75) is 43.4 Å². The summed E-state index contributed by atoms with van der Waals surface area (Å²) in [6.45, 7) is 0. The van der Waals surface area contributed by atoms with Crippen LogP contribution in [0.2, 0.25) is 5.02 Å². The van der Waals surface area contributed by atoms with Gasteiger partial charge in [0.15, 0.2) is 5.17 Å². The zero-order chi connectivity index (χ0) is 21.5. The maximum atomic E-state index is 13.5. The second-order valence-corrected chi connectivity index (χ2v) is 10.2. The Balaban J connectivity index is 1.45. The number of carbonyl (C=O) groups excluding carboxylic acids is 1. The minimum absolute atomic E-state index is 0.114. The van der Waals surface area contributed by atoms with Gasteiger partial charge in [-0.3, -0.25) is 9.69 Å². The Morgan fingerprint density at radius 2 is 1.90 bits per heavy atom. The molecule has 1 saturated heterocycles. The van der Waals surface area contributed by atoms with Crippen molar-refractivity contribution in [3.8, 4) is 0 Å². The van der Waals surface area contributed by atoms with E-state index in [9.17, 15) is 9.59 Å². The first-order valence-corrected chi connectivity index (χ1v) is 11.9. The van der Waals surface area contributed by atoms with Gasteiger partial charge in [0.1, 0.15) is 0 Å². The quantitative estimate of drug-likeness (QED) is 0.656. The van der Waals surface area contributed by atoms with Crippen molar-refractivity contribution in [2.24, 2.45) is 16.8 Å². The van der Waals surface area contributed by atoms with Crippen LogP contribution in [0, 0.1) is 11.8 Å². The maximum absolute atomic E-state index is 13.5. The number of halogens is 1. The number of rotatable bonds is 5. The van der Waals surface area contributed by atoms with E-state index in [4.69, 9.17) is 21.7 Å². The molecule has 2 saturated carbocycles. The van der Waals surface area contributed by atoms with Crippen LogP contribution in [0.4, 0.5) is 5.69 Å². The van der Waals surface area contributed by atoms with E-state index < -0.39 is 5.97 Å². The summed E-state index contributed by atoms with van der Waals surface area (Å²) in [4.78, 5) is 31.4. The highest BCUT2D eigenvalue weighted by Gasteiger charge is 2.49. The van der Waals surface area contributed by atoms with Gasteiger partial charge >= 0.3 is 5.97 Å². The van der Waals surface area contributed by atoms with E-state index in [1.54, 1.807) is 24.3 Å². The zero-order valence-electron chi connectivity index (χ0n) is 16.9. The molecule has 0 unspecified atom stereocenters. The van der Waals surface area contributed by atoms with Crippen LogP contribution in [0.25, 0.3) is 0 Å². The number of nitrogens with zero attached hydrogens (tertiary/aromatic N) is 2. The molecule has 5 rings (SSSR count). The number of fused-ring (bicyclic) bond motifs is 2. The second-order valence-electron chi connectivity index (χ2n) is 8.60. The van der Waals surface area contributed by atoms with Gasteiger partial charge in [0.05, 0.1) is 16.5 Å². The van der Waals surface area contributed by atoms with Gasteiger partial charge in [0.2, 0.25) is 5.91 Å². The monoisotopic (exact) mass is 454 g/mol. The van der Waals surface area contributed by atoms with E-state index >= 15 is 0 Å². The fourth-order valence-corrected chi connectivity index (χ4v) is 6.62. The summed E-state index contributed by atoms with van der Waals surface area (Å²) in [5.74, 6) is 0.413. The predicted molar refractivity (Wildman–Crippen MR) is 123 cm³/mol. The van der Waals surface area contributed by atoms with E-state index in [0.717, 1.165) is 17.2 Å². The standard InChI is InChI=1S/C24H23ClN2O3S/c25-19-4-2-1-3-16(19)13-21-22(28)27(20-12-14-5-6-17(20)11-14)24(31-21)26-18-9-7-15(8-10-18)23(29)30/h1-4,7-10,14,17,20-21H,5-6,11-13H2,(H,29,30)/t14-,17-,20-,21+/m0/s1. The SMILES string of the molecule is O=C(O)c1ccc(N=C2S[C@H](Cc3ccccc3Cl)C(=O)N2[C@H]2C[C@H]3CC[C@H]2C3)cc1. The number of benzene rings is 2. The molecule has 2 bridgehead atoms. The summed E-state index contributed by atoms with van der Waals surface area (Å²) in [5.41, 5.74) is 1.85. The summed E-state index contributed by atoms with van der Waals surface area (Å²) in [5, 5.41) is 10.3. The Morgan fingerprint density at radius 1 is 1.13 bits per heavy atom. The largest absolute Gasteiger partial charge is 0.478 e. The number of aliphatic imine (C=N–C) groups is 1. The number of aromatic carboxylic acids is 1. The first kappa shape index (κ1) is 20.6. The molecular formula is C24H23ClN2O3S. The van der Waals surface area contributed by atoms with Crippen LogP contribution in [-0.2, 0) is 11.2 Å². The normalized spacial score (nSPS) is 28.6. The average molecular weight is 455 g/mol. The van der Waals surface area contributed by atoms with Crippen LogP contribution < -0.4 is 0 Å². The number of carbonyl (C=O) groups is 2. The summed E-state index contributed by atoms with van der Waals surface area (Å²) in [6, 6.07) is 14.4. The lowest BCUT2D eigenvalue weighted by atomic mass is 9.94. The fraction of sp³-hybridized carbons (Fsp3) is 0.375. The molecule has 0 radical (unpaired) electrons. The summed E-state index contributed by atoms with van der Waals surface area (Å²) < 4.78 is 0. The van der Waals surface area contributed by atoms with Gasteiger partial charge in [-0.15, -0.1) is 0 Å². The van der Waals surface area contributed by atoms with Crippen molar-refractivity contribution >= 4 is 46.1 Å². The third-order valence-corrected chi connectivity index (χ3v) is 8.22. The first-order chi connectivity index (χ1) is 15.0. The fourth-order valence-electron chi connectivity index (χ4n) is 5.18. The van der Waals surface area contributed by atoms with Crippen molar-refractivity contribution in [3.05, 3.63) is 64.7 Å². The molecule has 1 heterocycles. The van der Waals surface area contributed by atoms with E-state index in [-0.39, 0.29) is 22.8 Å². The van der Waals surface area contributed by atoms with E-state index in [1.165, 1.54) is 31.0 Å². The molecular weight excluding hydrogens is 432 g/mol. The van der Waals surface area contributed by atoms with Gasteiger partial charge in [0, 0.05) is 11.1 Å². The molecule has 5 nitrogen and oxygen atoms in total. The summed E-state index contributed by atoms with van der Waals surface area (Å²) >= 11 is 7.86. The molecule has 2 aromatic rings.